The van der Waals surface area contributed by atoms with E-state index in [9.17, 15) is 8.42 Å². The Morgan fingerprint density at radius 2 is 1.41 bits per heavy atom. The first kappa shape index (κ1) is 20.0. The zero-order chi connectivity index (χ0) is 20.9. The van der Waals surface area contributed by atoms with Gasteiger partial charge in [0.2, 0.25) is 0 Å². The highest BCUT2D eigenvalue weighted by atomic mass is 35.5. The van der Waals surface area contributed by atoms with Gasteiger partial charge >= 0.3 is 0 Å². The SMILES string of the molecule is CC1(C)C[C@@](C)(c2ccccc2)c2ccccc2N1S(=O)(=O)c1ccc(Cl)cc1. The van der Waals surface area contributed by atoms with E-state index in [2.05, 4.69) is 19.1 Å². The highest BCUT2D eigenvalue weighted by molar-refractivity contribution is 7.93. The van der Waals surface area contributed by atoms with Crippen LogP contribution in [-0.4, -0.2) is 14.0 Å². The molecule has 0 saturated heterocycles. The summed E-state index contributed by atoms with van der Waals surface area (Å²) in [6, 6.07) is 24.5. The molecule has 0 spiro atoms. The fraction of sp³-hybridized carbons (Fsp3) is 0.250. The van der Waals surface area contributed by atoms with Crippen molar-refractivity contribution in [2.75, 3.05) is 4.31 Å². The summed E-state index contributed by atoms with van der Waals surface area (Å²) in [4.78, 5) is 0.244. The third kappa shape index (κ3) is 3.24. The second-order valence-electron chi connectivity index (χ2n) is 8.43. The number of sulfonamides is 1. The molecule has 0 aromatic heterocycles. The van der Waals surface area contributed by atoms with Crippen LogP contribution in [-0.2, 0) is 15.4 Å². The fourth-order valence-electron chi connectivity index (χ4n) is 4.71. The molecule has 0 amide bonds. The van der Waals surface area contributed by atoms with Gasteiger partial charge in [0.15, 0.2) is 0 Å². The lowest BCUT2D eigenvalue weighted by molar-refractivity contribution is 0.351. The van der Waals surface area contributed by atoms with Crippen molar-refractivity contribution in [1.29, 1.82) is 0 Å². The largest absolute Gasteiger partial charge is 0.264 e. The molecule has 3 nitrogen and oxygen atoms in total. The first-order valence-electron chi connectivity index (χ1n) is 9.62. The summed E-state index contributed by atoms with van der Waals surface area (Å²) in [6.07, 6.45) is 0.661. The molecule has 5 heteroatoms. The van der Waals surface area contributed by atoms with Gasteiger partial charge in [0, 0.05) is 10.4 Å². The Hall–Kier alpha value is -2.30. The smallest absolute Gasteiger partial charge is 0.260 e. The van der Waals surface area contributed by atoms with Crippen molar-refractivity contribution in [3.63, 3.8) is 0 Å². The average Bonchev–Trinajstić information content (AvgIpc) is 2.68. The van der Waals surface area contributed by atoms with Crippen molar-refractivity contribution >= 4 is 27.3 Å². The third-order valence-electron chi connectivity index (χ3n) is 5.82. The number of anilines is 1. The number of fused-ring (bicyclic) bond motifs is 1. The summed E-state index contributed by atoms with van der Waals surface area (Å²) < 4.78 is 29.0. The third-order valence-corrected chi connectivity index (χ3v) is 8.11. The van der Waals surface area contributed by atoms with Gasteiger partial charge in [-0.3, -0.25) is 4.31 Å². The van der Waals surface area contributed by atoms with E-state index in [1.165, 1.54) is 5.56 Å². The summed E-state index contributed by atoms with van der Waals surface area (Å²) in [5.41, 5.74) is 2.00. The Morgan fingerprint density at radius 3 is 2.07 bits per heavy atom. The minimum Gasteiger partial charge on any atom is -0.260 e. The molecule has 3 aromatic carbocycles. The zero-order valence-corrected chi connectivity index (χ0v) is 18.3. The van der Waals surface area contributed by atoms with Crippen LogP contribution < -0.4 is 4.31 Å². The molecule has 0 aliphatic carbocycles. The van der Waals surface area contributed by atoms with Crippen molar-refractivity contribution in [1.82, 2.24) is 0 Å². The monoisotopic (exact) mass is 425 g/mol. The number of nitrogens with zero attached hydrogens (tertiary/aromatic N) is 1. The summed E-state index contributed by atoms with van der Waals surface area (Å²) in [5, 5.41) is 0.513. The van der Waals surface area contributed by atoms with Crippen molar-refractivity contribution in [2.45, 2.75) is 43.0 Å². The average molecular weight is 426 g/mol. The topological polar surface area (TPSA) is 37.4 Å². The lowest BCUT2D eigenvalue weighted by atomic mass is 9.66. The molecule has 1 atom stereocenters. The van der Waals surface area contributed by atoms with Gasteiger partial charge < -0.3 is 0 Å². The molecular weight excluding hydrogens is 402 g/mol. The van der Waals surface area contributed by atoms with Gasteiger partial charge in [-0.2, -0.15) is 0 Å². The molecule has 0 N–H and O–H groups in total. The van der Waals surface area contributed by atoms with Gasteiger partial charge in [-0.05, 0) is 61.7 Å². The number of halogens is 1. The van der Waals surface area contributed by atoms with Crippen molar-refractivity contribution in [3.8, 4) is 0 Å². The van der Waals surface area contributed by atoms with Crippen LogP contribution in [0.2, 0.25) is 5.02 Å². The Labute approximate surface area is 178 Å². The van der Waals surface area contributed by atoms with Crippen LogP contribution in [0.15, 0.2) is 83.8 Å². The summed E-state index contributed by atoms with van der Waals surface area (Å²) in [7, 11) is -3.76. The molecule has 1 heterocycles. The maximum Gasteiger partial charge on any atom is 0.264 e. The van der Waals surface area contributed by atoms with E-state index in [0.717, 1.165) is 11.3 Å². The second-order valence-corrected chi connectivity index (χ2v) is 10.7. The Morgan fingerprint density at radius 1 is 0.828 bits per heavy atom. The fourth-order valence-corrected chi connectivity index (χ4v) is 6.66. The lowest BCUT2D eigenvalue weighted by Crippen LogP contribution is -2.55. The predicted octanol–water partition coefficient (Wildman–Crippen LogP) is 6.02. The van der Waals surface area contributed by atoms with Crippen molar-refractivity contribution in [2.24, 2.45) is 0 Å². The molecule has 1 aliphatic rings. The highest BCUT2D eigenvalue weighted by Crippen LogP contribution is 2.51. The summed E-state index contributed by atoms with van der Waals surface area (Å²) in [6.45, 7) is 6.20. The minimum absolute atomic E-state index is 0.244. The Kier molecular flexibility index (Phi) is 4.75. The molecule has 4 rings (SSSR count). The minimum atomic E-state index is -3.76. The van der Waals surface area contributed by atoms with Crippen LogP contribution in [0.3, 0.4) is 0 Å². The van der Waals surface area contributed by atoms with Crippen LogP contribution in [0.25, 0.3) is 0 Å². The highest BCUT2D eigenvalue weighted by Gasteiger charge is 2.49. The van der Waals surface area contributed by atoms with Crippen LogP contribution >= 0.6 is 11.6 Å². The van der Waals surface area contributed by atoms with Crippen molar-refractivity contribution in [3.05, 3.63) is 95.0 Å². The van der Waals surface area contributed by atoms with Gasteiger partial charge in [-0.25, -0.2) is 8.42 Å². The van der Waals surface area contributed by atoms with E-state index >= 15 is 0 Å². The van der Waals surface area contributed by atoms with Crippen LogP contribution in [0, 0.1) is 0 Å². The number of rotatable bonds is 3. The lowest BCUT2D eigenvalue weighted by Gasteiger charge is -2.51. The predicted molar refractivity (Wildman–Crippen MR) is 119 cm³/mol. The molecule has 3 aromatic rings. The Balaban J connectivity index is 1.94. The van der Waals surface area contributed by atoms with E-state index in [4.69, 9.17) is 11.6 Å². The molecule has 0 fully saturated rings. The van der Waals surface area contributed by atoms with Gasteiger partial charge in [0.05, 0.1) is 16.1 Å². The van der Waals surface area contributed by atoms with Crippen molar-refractivity contribution < 1.29 is 8.42 Å². The number of hydrogen-bond donors (Lipinski definition) is 0. The van der Waals surface area contributed by atoms with E-state index in [0.29, 0.717) is 11.4 Å². The first-order valence-corrected chi connectivity index (χ1v) is 11.4. The molecule has 1 aliphatic heterocycles. The molecule has 0 radical (unpaired) electrons. The first-order chi connectivity index (χ1) is 13.7. The van der Waals surface area contributed by atoms with E-state index in [1.54, 1.807) is 28.6 Å². The van der Waals surface area contributed by atoms with E-state index in [1.807, 2.05) is 56.3 Å². The molecular formula is C24H24ClNO2S. The van der Waals surface area contributed by atoms with Gasteiger partial charge in [-0.15, -0.1) is 0 Å². The van der Waals surface area contributed by atoms with Crippen LogP contribution in [0.1, 0.15) is 38.3 Å². The molecule has 29 heavy (non-hydrogen) atoms. The van der Waals surface area contributed by atoms with E-state index in [-0.39, 0.29) is 10.3 Å². The Bertz CT molecular complexity index is 1140. The van der Waals surface area contributed by atoms with Gasteiger partial charge in [0.25, 0.3) is 10.0 Å². The number of hydrogen-bond acceptors (Lipinski definition) is 2. The van der Waals surface area contributed by atoms with E-state index < -0.39 is 15.6 Å². The molecule has 150 valence electrons. The second kappa shape index (κ2) is 6.89. The quantitative estimate of drug-likeness (QED) is 0.514. The summed E-state index contributed by atoms with van der Waals surface area (Å²) >= 11 is 5.98. The number of para-hydroxylation sites is 1. The molecule has 0 bridgehead atoms. The molecule has 0 saturated carbocycles. The maximum absolute atomic E-state index is 13.7. The summed E-state index contributed by atoms with van der Waals surface area (Å²) in [5.74, 6) is 0. The normalized spacial score (nSPS) is 20.9. The number of benzene rings is 3. The van der Waals surface area contributed by atoms with Gasteiger partial charge in [0.1, 0.15) is 0 Å². The van der Waals surface area contributed by atoms with Crippen LogP contribution in [0.5, 0.6) is 0 Å². The zero-order valence-electron chi connectivity index (χ0n) is 16.8. The standard InChI is InChI=1S/C24H24ClNO2S/c1-23(2)17-24(3,18-9-5-4-6-10-18)21-11-7-8-12-22(21)26(23)29(27,28)20-15-13-19(25)14-16-20/h4-16H,17H2,1-3H3/t24-/m0/s1. The molecule has 0 unspecified atom stereocenters. The van der Waals surface area contributed by atoms with Gasteiger partial charge in [-0.1, -0.05) is 67.1 Å². The maximum atomic E-state index is 13.7. The van der Waals surface area contributed by atoms with Crippen LogP contribution in [0.4, 0.5) is 5.69 Å².